The van der Waals surface area contributed by atoms with Crippen molar-refractivity contribution in [2.75, 3.05) is 19.5 Å². The van der Waals surface area contributed by atoms with E-state index in [1.54, 1.807) is 0 Å². The SMILES string of the molecule is CO[C@@]1(N=Cc2ccc([N+](=O)[O-])cc2)C(=O)N2C(P(=O)(O)O)=C(COC(C)=O)CS[C@H]21. The lowest BCUT2D eigenvalue weighted by molar-refractivity contribution is -0.384. The number of nitrogens with zero attached hydrogens (tertiary/aromatic N) is 3. The van der Waals surface area contributed by atoms with E-state index >= 15 is 0 Å². The number of carbonyl (C=O) groups excluding carboxylic acids is 2. The minimum absolute atomic E-state index is 0.0837. The average Bonchev–Trinajstić information content (AvgIpc) is 2.71. The molecule has 31 heavy (non-hydrogen) atoms. The van der Waals surface area contributed by atoms with Crippen molar-refractivity contribution in [3.05, 3.63) is 51.0 Å². The highest BCUT2D eigenvalue weighted by atomic mass is 32.2. The molecule has 0 saturated carbocycles. The van der Waals surface area contributed by atoms with Crippen molar-refractivity contribution in [3.8, 4) is 0 Å². The third kappa shape index (κ3) is 4.27. The first-order valence-electron chi connectivity index (χ1n) is 8.73. The van der Waals surface area contributed by atoms with Gasteiger partial charge in [-0.1, -0.05) is 0 Å². The van der Waals surface area contributed by atoms with Gasteiger partial charge in [-0.15, -0.1) is 11.8 Å². The van der Waals surface area contributed by atoms with Crippen LogP contribution in [0.1, 0.15) is 12.5 Å². The number of nitro groups is 1. The van der Waals surface area contributed by atoms with E-state index < -0.39 is 40.9 Å². The fourth-order valence-corrected chi connectivity index (χ4v) is 5.80. The number of thioether (sulfide) groups is 1. The quantitative estimate of drug-likeness (QED) is 0.147. The third-order valence-corrected chi connectivity index (χ3v) is 7.05. The van der Waals surface area contributed by atoms with E-state index in [-0.39, 0.29) is 23.6 Å². The molecule has 1 aromatic carbocycles. The molecule has 2 aliphatic heterocycles. The molecule has 12 nitrogen and oxygen atoms in total. The number of carbonyl (C=O) groups is 2. The Morgan fingerprint density at radius 3 is 2.61 bits per heavy atom. The summed E-state index contributed by atoms with van der Waals surface area (Å²) in [5, 5.41) is 9.90. The highest BCUT2D eigenvalue weighted by Gasteiger charge is 2.67. The molecule has 0 bridgehead atoms. The van der Waals surface area contributed by atoms with Gasteiger partial charge in [0.2, 0.25) is 0 Å². The number of aliphatic imine (C=N–C) groups is 1. The van der Waals surface area contributed by atoms with Crippen LogP contribution >= 0.6 is 19.4 Å². The van der Waals surface area contributed by atoms with Crippen molar-refractivity contribution >= 4 is 43.1 Å². The van der Waals surface area contributed by atoms with E-state index in [2.05, 4.69) is 4.99 Å². The van der Waals surface area contributed by atoms with Gasteiger partial charge in [-0.05, 0) is 17.7 Å². The molecular weight excluding hydrogens is 453 g/mol. The molecular formula is C17H18N3O9PS. The van der Waals surface area contributed by atoms with Crippen molar-refractivity contribution in [2.24, 2.45) is 4.99 Å². The number of hydrogen-bond acceptors (Lipinski definition) is 9. The van der Waals surface area contributed by atoms with Gasteiger partial charge in [-0.3, -0.25) is 29.2 Å². The van der Waals surface area contributed by atoms with Gasteiger partial charge in [0, 0.05) is 43.7 Å². The van der Waals surface area contributed by atoms with E-state index in [0.717, 1.165) is 23.6 Å². The molecule has 0 unspecified atom stereocenters. The predicted molar refractivity (Wildman–Crippen MR) is 109 cm³/mol. The number of benzene rings is 1. The number of β-lactam (4-membered cyclic amide) rings is 1. The molecule has 2 aliphatic rings. The van der Waals surface area contributed by atoms with Crippen LogP contribution in [0.25, 0.3) is 0 Å². The van der Waals surface area contributed by atoms with Crippen LogP contribution < -0.4 is 0 Å². The Labute approximate surface area is 180 Å². The second kappa shape index (κ2) is 8.52. The van der Waals surface area contributed by atoms with Gasteiger partial charge >= 0.3 is 13.6 Å². The van der Waals surface area contributed by atoms with Crippen LogP contribution in [-0.4, -0.2) is 68.3 Å². The number of hydrogen-bond donors (Lipinski definition) is 2. The molecule has 1 saturated heterocycles. The van der Waals surface area contributed by atoms with Crippen molar-refractivity contribution in [3.63, 3.8) is 0 Å². The summed E-state index contributed by atoms with van der Waals surface area (Å²) < 4.78 is 22.3. The maximum atomic E-state index is 13.0. The van der Waals surface area contributed by atoms with Gasteiger partial charge in [0.25, 0.3) is 17.3 Å². The monoisotopic (exact) mass is 471 g/mol. The summed E-state index contributed by atoms with van der Waals surface area (Å²) in [7, 11) is -3.64. The van der Waals surface area contributed by atoms with Gasteiger partial charge < -0.3 is 19.3 Å². The molecule has 0 radical (unpaired) electrons. The normalized spacial score (nSPS) is 23.5. The number of non-ortho nitro benzene ring substituents is 1. The molecule has 3 rings (SSSR count). The van der Waals surface area contributed by atoms with Gasteiger partial charge in [-0.2, -0.15) is 0 Å². The lowest BCUT2D eigenvalue weighted by Gasteiger charge is -2.54. The smallest absolute Gasteiger partial charge is 0.372 e. The number of amides is 1. The number of rotatable bonds is 7. The molecule has 0 spiro atoms. The molecule has 2 N–H and O–H groups in total. The van der Waals surface area contributed by atoms with Gasteiger partial charge in [0.05, 0.1) is 4.92 Å². The molecule has 0 aromatic heterocycles. The standard InChI is InChI=1S/C17H18N3O9PS/c1-10(21)29-8-12-9-31-16-17(28-2,15(22)19(16)14(12)30(25,26)27)18-7-11-3-5-13(6-4-11)20(23)24/h3-7,16H,8-9H2,1-2H3,(H2,25,26,27)/t16-,17-/m0/s1. The van der Waals surface area contributed by atoms with Crippen molar-refractivity contribution in [1.29, 1.82) is 0 Å². The predicted octanol–water partition coefficient (Wildman–Crippen LogP) is 1.22. The summed E-state index contributed by atoms with van der Waals surface area (Å²) >= 11 is 1.15. The van der Waals surface area contributed by atoms with Crippen molar-refractivity contribution < 1.29 is 38.3 Å². The Bertz CT molecular complexity index is 1040. The third-order valence-electron chi connectivity index (χ3n) is 4.60. The molecule has 2 heterocycles. The Balaban J connectivity index is 1.91. The molecule has 1 amide bonds. The highest BCUT2D eigenvalue weighted by Crippen LogP contribution is 2.59. The van der Waals surface area contributed by atoms with E-state index in [9.17, 15) is 34.1 Å². The maximum absolute atomic E-state index is 13.0. The van der Waals surface area contributed by atoms with Crippen molar-refractivity contribution in [1.82, 2.24) is 4.90 Å². The van der Waals surface area contributed by atoms with Crippen LogP contribution in [-0.2, 0) is 23.6 Å². The van der Waals surface area contributed by atoms with Crippen molar-refractivity contribution in [2.45, 2.75) is 18.0 Å². The molecule has 166 valence electrons. The zero-order valence-electron chi connectivity index (χ0n) is 16.3. The van der Waals surface area contributed by atoms with E-state index in [4.69, 9.17) is 9.47 Å². The van der Waals surface area contributed by atoms with E-state index in [0.29, 0.717) is 5.56 Å². The Kier molecular flexibility index (Phi) is 6.35. The highest BCUT2D eigenvalue weighted by molar-refractivity contribution is 8.00. The average molecular weight is 471 g/mol. The fourth-order valence-electron chi connectivity index (χ4n) is 3.16. The largest absolute Gasteiger partial charge is 0.461 e. The first kappa shape index (κ1) is 23.1. The zero-order chi connectivity index (χ0) is 23.0. The van der Waals surface area contributed by atoms with Crippen LogP contribution in [0.3, 0.4) is 0 Å². The second-order valence-electron chi connectivity index (χ2n) is 6.60. The van der Waals surface area contributed by atoms with Gasteiger partial charge in [0.1, 0.15) is 17.4 Å². The summed E-state index contributed by atoms with van der Waals surface area (Å²) in [5.74, 6) is -1.33. The molecule has 1 fully saturated rings. The molecule has 14 heteroatoms. The minimum atomic E-state index is -4.89. The zero-order valence-corrected chi connectivity index (χ0v) is 18.0. The summed E-state index contributed by atoms with van der Waals surface area (Å²) in [6, 6.07) is 5.44. The minimum Gasteiger partial charge on any atom is -0.461 e. The van der Waals surface area contributed by atoms with Crippen LogP contribution in [0, 0.1) is 10.1 Å². The van der Waals surface area contributed by atoms with Gasteiger partial charge in [0.15, 0.2) is 0 Å². The Morgan fingerprint density at radius 1 is 1.45 bits per heavy atom. The Morgan fingerprint density at radius 2 is 2.10 bits per heavy atom. The number of esters is 1. The fraction of sp³-hybridized carbons (Fsp3) is 0.353. The summed E-state index contributed by atoms with van der Waals surface area (Å²) in [6.45, 7) is 0.805. The second-order valence-corrected chi connectivity index (χ2v) is 9.18. The summed E-state index contributed by atoms with van der Waals surface area (Å²) in [6.07, 6.45) is 1.30. The van der Waals surface area contributed by atoms with E-state index in [1.807, 2.05) is 0 Å². The number of methoxy groups -OCH3 is 1. The van der Waals surface area contributed by atoms with Gasteiger partial charge in [-0.25, -0.2) is 4.99 Å². The van der Waals surface area contributed by atoms with Crippen LogP contribution in [0.5, 0.6) is 0 Å². The maximum Gasteiger partial charge on any atom is 0.372 e. The lowest BCUT2D eigenvalue weighted by atomic mass is 10.0. The molecule has 1 aromatic rings. The lowest BCUT2D eigenvalue weighted by Crippen LogP contribution is -2.73. The summed E-state index contributed by atoms with van der Waals surface area (Å²) in [4.78, 5) is 59.0. The Hall–Kier alpha value is -2.57. The topological polar surface area (TPSA) is 169 Å². The number of fused-ring (bicyclic) bond motifs is 1. The first-order valence-corrected chi connectivity index (χ1v) is 11.4. The van der Waals surface area contributed by atoms with Crippen LogP contribution in [0.4, 0.5) is 5.69 Å². The van der Waals surface area contributed by atoms with Crippen LogP contribution in [0.2, 0.25) is 0 Å². The molecule has 0 aliphatic carbocycles. The van der Waals surface area contributed by atoms with E-state index in [1.165, 1.54) is 37.6 Å². The summed E-state index contributed by atoms with van der Waals surface area (Å²) in [5.41, 5.74) is -1.75. The number of nitro benzene ring substituents is 1. The molecule has 2 atom stereocenters. The first-order chi connectivity index (χ1) is 14.5. The number of ether oxygens (including phenoxy) is 2. The van der Waals surface area contributed by atoms with Crippen LogP contribution in [0.15, 0.2) is 40.3 Å².